The van der Waals surface area contributed by atoms with Crippen LogP contribution in [0.3, 0.4) is 0 Å². The van der Waals surface area contributed by atoms with Gasteiger partial charge in [-0.3, -0.25) is 9.89 Å². The van der Waals surface area contributed by atoms with E-state index in [0.717, 1.165) is 36.4 Å². The zero-order valence-corrected chi connectivity index (χ0v) is 19.5. The van der Waals surface area contributed by atoms with Crippen molar-refractivity contribution in [1.29, 1.82) is 0 Å². The second kappa shape index (κ2) is 11.2. The van der Waals surface area contributed by atoms with Gasteiger partial charge in [-0.05, 0) is 60.5 Å². The first-order valence-electron chi connectivity index (χ1n) is 11.8. The van der Waals surface area contributed by atoms with Crippen molar-refractivity contribution >= 4 is 16.8 Å². The zero-order valence-electron chi connectivity index (χ0n) is 19.5. The smallest absolute Gasteiger partial charge is 0.251 e. The standard InChI is InChI=1S/C26H29F2N5O2/c1-2-3-9-33-10-8-18-4-5-19(14-23(18)33)26(35)31-22(13-17-11-20(27)15-21(28)12-17)24(34)6-7-25-29-16-30-32-25/h4-5,8,10-12,14-16,22,24,34H,2-3,6-7,9,13H2,1H3,(H,31,35)(H,29,30,32). The highest BCUT2D eigenvalue weighted by Crippen LogP contribution is 2.20. The van der Waals surface area contributed by atoms with E-state index >= 15 is 0 Å². The van der Waals surface area contributed by atoms with Crippen LogP contribution in [0.15, 0.2) is 55.0 Å². The lowest BCUT2D eigenvalue weighted by molar-refractivity contribution is 0.0814. The Balaban J connectivity index is 1.54. The number of nitrogens with zero attached hydrogens (tertiary/aromatic N) is 3. The van der Waals surface area contributed by atoms with E-state index in [1.807, 2.05) is 24.4 Å². The molecule has 184 valence electrons. The summed E-state index contributed by atoms with van der Waals surface area (Å²) in [7, 11) is 0. The molecule has 4 aromatic rings. The lowest BCUT2D eigenvalue weighted by atomic mass is 9.97. The zero-order chi connectivity index (χ0) is 24.8. The number of unbranched alkanes of at least 4 members (excludes halogenated alkanes) is 1. The molecule has 3 N–H and O–H groups in total. The van der Waals surface area contributed by atoms with E-state index < -0.39 is 23.8 Å². The van der Waals surface area contributed by atoms with Crippen LogP contribution in [0.5, 0.6) is 0 Å². The van der Waals surface area contributed by atoms with Gasteiger partial charge in [0.25, 0.3) is 5.91 Å². The number of amides is 1. The predicted molar refractivity (Wildman–Crippen MR) is 129 cm³/mol. The van der Waals surface area contributed by atoms with Gasteiger partial charge in [-0.2, -0.15) is 5.10 Å². The van der Waals surface area contributed by atoms with Crippen LogP contribution in [0.25, 0.3) is 10.9 Å². The van der Waals surface area contributed by atoms with Gasteiger partial charge < -0.3 is 15.0 Å². The van der Waals surface area contributed by atoms with Gasteiger partial charge >= 0.3 is 0 Å². The van der Waals surface area contributed by atoms with Crippen molar-refractivity contribution in [2.45, 2.75) is 57.7 Å². The molecule has 0 aliphatic heterocycles. The van der Waals surface area contributed by atoms with Crippen molar-refractivity contribution in [2.75, 3.05) is 0 Å². The summed E-state index contributed by atoms with van der Waals surface area (Å²) in [5.74, 6) is -1.18. The van der Waals surface area contributed by atoms with Crippen molar-refractivity contribution in [3.63, 3.8) is 0 Å². The van der Waals surface area contributed by atoms with E-state index in [0.29, 0.717) is 23.4 Å². The topological polar surface area (TPSA) is 95.8 Å². The number of aliphatic hydroxyl groups is 1. The van der Waals surface area contributed by atoms with E-state index in [2.05, 4.69) is 32.0 Å². The van der Waals surface area contributed by atoms with Gasteiger partial charge in [-0.25, -0.2) is 13.8 Å². The molecule has 1 amide bonds. The number of H-pyrrole nitrogens is 1. The monoisotopic (exact) mass is 481 g/mol. The number of benzene rings is 2. The van der Waals surface area contributed by atoms with Gasteiger partial charge in [0.2, 0.25) is 0 Å². The van der Waals surface area contributed by atoms with Gasteiger partial charge in [0.1, 0.15) is 23.8 Å². The number of rotatable bonds is 11. The first kappa shape index (κ1) is 24.5. The molecule has 2 aromatic carbocycles. The number of aliphatic hydroxyl groups excluding tert-OH is 1. The molecule has 0 radical (unpaired) electrons. The maximum absolute atomic E-state index is 13.8. The largest absolute Gasteiger partial charge is 0.391 e. The molecule has 0 aliphatic rings. The van der Waals surface area contributed by atoms with Crippen LogP contribution in [0.1, 0.15) is 47.9 Å². The van der Waals surface area contributed by atoms with E-state index in [-0.39, 0.29) is 18.7 Å². The lowest BCUT2D eigenvalue weighted by Gasteiger charge is -2.24. The van der Waals surface area contributed by atoms with Gasteiger partial charge in [-0.15, -0.1) is 0 Å². The highest BCUT2D eigenvalue weighted by molar-refractivity contribution is 5.98. The van der Waals surface area contributed by atoms with Gasteiger partial charge in [0.05, 0.1) is 12.1 Å². The van der Waals surface area contributed by atoms with Crippen molar-refractivity contribution < 1.29 is 18.7 Å². The minimum Gasteiger partial charge on any atom is -0.391 e. The van der Waals surface area contributed by atoms with Crippen LogP contribution in [0, 0.1) is 11.6 Å². The molecule has 2 aromatic heterocycles. The Bertz CT molecular complexity index is 1250. The molecule has 0 saturated heterocycles. The number of nitrogens with one attached hydrogen (secondary N) is 2. The molecule has 2 unspecified atom stereocenters. The number of halogens is 2. The molecule has 0 aliphatic carbocycles. The summed E-state index contributed by atoms with van der Waals surface area (Å²) in [5, 5.41) is 21.4. The van der Waals surface area contributed by atoms with Crippen molar-refractivity contribution in [1.82, 2.24) is 25.1 Å². The highest BCUT2D eigenvalue weighted by atomic mass is 19.1. The first-order chi connectivity index (χ1) is 16.9. The average molecular weight is 482 g/mol. The summed E-state index contributed by atoms with van der Waals surface area (Å²) in [6, 6.07) is 9.91. The average Bonchev–Trinajstić information content (AvgIpc) is 3.49. The van der Waals surface area contributed by atoms with Crippen LogP contribution in [0.4, 0.5) is 8.78 Å². The summed E-state index contributed by atoms with van der Waals surface area (Å²) in [6.07, 6.45) is 5.25. The Kier molecular flexibility index (Phi) is 7.87. The Morgan fingerprint density at radius 1 is 1.17 bits per heavy atom. The lowest BCUT2D eigenvalue weighted by Crippen LogP contribution is -2.45. The number of aryl methyl sites for hydroxylation is 2. The second-order valence-electron chi connectivity index (χ2n) is 8.74. The molecule has 9 heteroatoms. The number of carbonyl (C=O) groups is 1. The summed E-state index contributed by atoms with van der Waals surface area (Å²) in [4.78, 5) is 17.2. The number of carbonyl (C=O) groups excluding carboxylic acids is 1. The van der Waals surface area contributed by atoms with E-state index in [1.165, 1.54) is 18.5 Å². The summed E-state index contributed by atoms with van der Waals surface area (Å²) >= 11 is 0. The number of aromatic amines is 1. The van der Waals surface area contributed by atoms with Crippen LogP contribution < -0.4 is 5.32 Å². The molecule has 0 fully saturated rings. The molecule has 35 heavy (non-hydrogen) atoms. The summed E-state index contributed by atoms with van der Waals surface area (Å²) in [6.45, 7) is 2.99. The maximum atomic E-state index is 13.8. The Morgan fingerprint density at radius 3 is 2.69 bits per heavy atom. The Hall–Kier alpha value is -3.59. The van der Waals surface area contributed by atoms with Crippen LogP contribution >= 0.6 is 0 Å². The van der Waals surface area contributed by atoms with E-state index in [9.17, 15) is 18.7 Å². The van der Waals surface area contributed by atoms with Crippen LogP contribution in [-0.2, 0) is 19.4 Å². The molecule has 2 heterocycles. The van der Waals surface area contributed by atoms with Gasteiger partial charge in [0, 0.05) is 36.3 Å². The molecule has 7 nitrogen and oxygen atoms in total. The van der Waals surface area contributed by atoms with Crippen LogP contribution in [-0.4, -0.2) is 42.9 Å². The Morgan fingerprint density at radius 2 is 1.97 bits per heavy atom. The molecule has 4 rings (SSSR count). The maximum Gasteiger partial charge on any atom is 0.251 e. The molecular formula is C26H29F2N5O2. The predicted octanol–water partition coefficient (Wildman–Crippen LogP) is 4.17. The van der Waals surface area contributed by atoms with Crippen molar-refractivity contribution in [3.8, 4) is 0 Å². The van der Waals surface area contributed by atoms with Crippen molar-refractivity contribution in [3.05, 3.63) is 83.6 Å². The molecule has 2 atom stereocenters. The van der Waals surface area contributed by atoms with Gasteiger partial charge in [0.15, 0.2) is 0 Å². The first-order valence-corrected chi connectivity index (χ1v) is 11.8. The van der Waals surface area contributed by atoms with E-state index in [4.69, 9.17) is 0 Å². The Labute approximate surface area is 202 Å². The molecular weight excluding hydrogens is 452 g/mol. The fourth-order valence-corrected chi connectivity index (χ4v) is 4.20. The minimum atomic E-state index is -0.979. The number of hydrogen-bond acceptors (Lipinski definition) is 4. The fourth-order valence-electron chi connectivity index (χ4n) is 4.20. The molecule has 0 spiro atoms. The molecule has 0 bridgehead atoms. The SMILES string of the molecule is CCCCn1ccc2ccc(C(=O)NC(Cc3cc(F)cc(F)c3)C(O)CCc3ncn[nH]3)cc21. The van der Waals surface area contributed by atoms with E-state index in [1.54, 1.807) is 6.07 Å². The number of aromatic nitrogens is 4. The normalized spacial score (nSPS) is 13.1. The quantitative estimate of drug-likeness (QED) is 0.300. The van der Waals surface area contributed by atoms with Crippen molar-refractivity contribution in [2.24, 2.45) is 0 Å². The highest BCUT2D eigenvalue weighted by Gasteiger charge is 2.24. The summed E-state index contributed by atoms with van der Waals surface area (Å²) in [5.41, 5.74) is 1.75. The third kappa shape index (κ3) is 6.30. The summed E-state index contributed by atoms with van der Waals surface area (Å²) < 4.78 is 29.7. The number of hydrogen-bond donors (Lipinski definition) is 3. The van der Waals surface area contributed by atoms with Crippen LogP contribution in [0.2, 0.25) is 0 Å². The van der Waals surface area contributed by atoms with Gasteiger partial charge in [-0.1, -0.05) is 19.4 Å². The fraction of sp³-hybridized carbons (Fsp3) is 0.346. The third-order valence-electron chi connectivity index (χ3n) is 6.09. The number of fused-ring (bicyclic) bond motifs is 1. The minimum absolute atomic E-state index is 0.0626. The second-order valence-corrected chi connectivity index (χ2v) is 8.74. The molecule has 0 saturated carbocycles. The third-order valence-corrected chi connectivity index (χ3v) is 6.09.